The zero-order chi connectivity index (χ0) is 17.2. The minimum atomic E-state index is -0.482. The number of rotatable bonds is 7. The molecule has 0 saturated carbocycles. The molecule has 0 spiro atoms. The number of aromatic nitrogens is 2. The third-order valence-electron chi connectivity index (χ3n) is 3.08. The summed E-state index contributed by atoms with van der Waals surface area (Å²) in [5.74, 6) is -0.805. The Kier molecular flexibility index (Phi) is 6.39. The summed E-state index contributed by atoms with van der Waals surface area (Å²) >= 11 is 0. The molecule has 124 valence electrons. The Morgan fingerprint density at radius 1 is 1.08 bits per heavy atom. The maximum atomic E-state index is 12.0. The number of hydrogen-bond donors (Lipinski definition) is 3. The monoisotopic (exact) mass is 327 g/mol. The predicted octanol–water partition coefficient (Wildman–Crippen LogP) is 0.591. The van der Waals surface area contributed by atoms with E-state index in [1.54, 1.807) is 30.3 Å². The van der Waals surface area contributed by atoms with Crippen molar-refractivity contribution in [3.05, 3.63) is 60.2 Å². The van der Waals surface area contributed by atoms with Crippen LogP contribution in [0.1, 0.15) is 22.5 Å². The summed E-state index contributed by atoms with van der Waals surface area (Å²) < 4.78 is 0. The summed E-state index contributed by atoms with van der Waals surface area (Å²) in [6.07, 6.45) is 4.82. The standard InChI is InChI=1S/C16H17N5O3/c22-15(13-11-17-9-10-18-13)19-7-4-8-20-16(23)14(21-24)12-5-2-1-3-6-12/h1-3,5-6,9-11,24H,4,7-8H2,(H,19,22)(H,20,23)/b21-14-. The molecule has 0 aliphatic heterocycles. The Morgan fingerprint density at radius 3 is 2.50 bits per heavy atom. The lowest BCUT2D eigenvalue weighted by molar-refractivity contribution is -0.114. The first-order valence-electron chi connectivity index (χ1n) is 7.32. The fourth-order valence-electron chi connectivity index (χ4n) is 1.91. The van der Waals surface area contributed by atoms with Crippen LogP contribution in [0.3, 0.4) is 0 Å². The first kappa shape index (κ1) is 17.1. The first-order valence-corrected chi connectivity index (χ1v) is 7.32. The van der Waals surface area contributed by atoms with Crippen LogP contribution in [0.2, 0.25) is 0 Å². The Labute approximate surface area is 138 Å². The molecule has 0 unspecified atom stereocenters. The number of oxime groups is 1. The van der Waals surface area contributed by atoms with Crippen LogP contribution in [0.15, 0.2) is 54.1 Å². The van der Waals surface area contributed by atoms with Gasteiger partial charge in [-0.3, -0.25) is 14.6 Å². The van der Waals surface area contributed by atoms with Gasteiger partial charge in [-0.1, -0.05) is 35.5 Å². The van der Waals surface area contributed by atoms with Crippen molar-refractivity contribution in [3.8, 4) is 0 Å². The smallest absolute Gasteiger partial charge is 0.273 e. The van der Waals surface area contributed by atoms with Gasteiger partial charge in [0, 0.05) is 31.0 Å². The second-order valence-corrected chi connectivity index (χ2v) is 4.77. The third-order valence-corrected chi connectivity index (χ3v) is 3.08. The van der Waals surface area contributed by atoms with Gasteiger partial charge in [-0.2, -0.15) is 0 Å². The van der Waals surface area contributed by atoms with E-state index in [0.717, 1.165) is 0 Å². The highest BCUT2D eigenvalue weighted by Crippen LogP contribution is 2.01. The molecule has 1 aromatic carbocycles. The maximum absolute atomic E-state index is 12.0. The van der Waals surface area contributed by atoms with Gasteiger partial charge in [-0.05, 0) is 6.42 Å². The molecule has 8 nitrogen and oxygen atoms in total. The topological polar surface area (TPSA) is 117 Å². The van der Waals surface area contributed by atoms with E-state index in [1.807, 2.05) is 0 Å². The van der Waals surface area contributed by atoms with E-state index in [-0.39, 0.29) is 17.3 Å². The first-order chi connectivity index (χ1) is 11.7. The SMILES string of the molecule is O=C(NCCCNC(=O)c1cnccn1)/C(=N\O)c1ccccc1. The number of nitrogens with zero attached hydrogens (tertiary/aromatic N) is 3. The van der Waals surface area contributed by atoms with E-state index in [2.05, 4.69) is 25.8 Å². The van der Waals surface area contributed by atoms with Crippen LogP contribution in [-0.4, -0.2) is 45.8 Å². The summed E-state index contributed by atoms with van der Waals surface area (Å²) in [6.45, 7) is 0.693. The second-order valence-electron chi connectivity index (χ2n) is 4.77. The van der Waals surface area contributed by atoms with Gasteiger partial charge in [0.2, 0.25) is 0 Å². The molecule has 0 bridgehead atoms. The van der Waals surface area contributed by atoms with E-state index < -0.39 is 5.91 Å². The van der Waals surface area contributed by atoms with E-state index in [4.69, 9.17) is 5.21 Å². The van der Waals surface area contributed by atoms with Crippen molar-refractivity contribution >= 4 is 17.5 Å². The number of hydrogen-bond acceptors (Lipinski definition) is 6. The summed E-state index contributed by atoms with van der Waals surface area (Å²) in [6, 6.07) is 8.65. The molecule has 3 N–H and O–H groups in total. The number of carbonyl (C=O) groups is 2. The largest absolute Gasteiger partial charge is 0.410 e. The van der Waals surface area contributed by atoms with Gasteiger partial charge >= 0.3 is 0 Å². The molecule has 2 aromatic rings. The molecule has 1 heterocycles. The molecule has 2 rings (SSSR count). The fourth-order valence-corrected chi connectivity index (χ4v) is 1.91. The molecule has 1 aromatic heterocycles. The summed E-state index contributed by atoms with van der Waals surface area (Å²) in [7, 11) is 0. The van der Waals surface area contributed by atoms with Gasteiger partial charge in [0.15, 0.2) is 5.71 Å². The molecule has 0 atom stereocenters. The molecular weight excluding hydrogens is 310 g/mol. The van der Waals surface area contributed by atoms with Gasteiger partial charge in [0.25, 0.3) is 11.8 Å². The Morgan fingerprint density at radius 2 is 1.83 bits per heavy atom. The zero-order valence-electron chi connectivity index (χ0n) is 12.8. The third kappa shape index (κ3) is 4.87. The van der Waals surface area contributed by atoms with Crippen LogP contribution >= 0.6 is 0 Å². The molecule has 8 heteroatoms. The minimum Gasteiger partial charge on any atom is -0.410 e. The lowest BCUT2D eigenvalue weighted by Gasteiger charge is -2.07. The number of carbonyl (C=O) groups excluding carboxylic acids is 2. The van der Waals surface area contributed by atoms with Crippen LogP contribution < -0.4 is 10.6 Å². The molecule has 0 saturated heterocycles. The van der Waals surface area contributed by atoms with Crippen LogP contribution in [0.5, 0.6) is 0 Å². The Bertz CT molecular complexity index is 704. The van der Waals surface area contributed by atoms with Gasteiger partial charge in [-0.25, -0.2) is 4.98 Å². The predicted molar refractivity (Wildman–Crippen MR) is 86.8 cm³/mol. The average molecular weight is 327 g/mol. The maximum Gasteiger partial charge on any atom is 0.273 e. The quantitative estimate of drug-likeness (QED) is 0.298. The number of benzene rings is 1. The molecule has 0 aliphatic carbocycles. The van der Waals surface area contributed by atoms with Crippen LogP contribution in [0, 0.1) is 0 Å². The Balaban J connectivity index is 1.72. The van der Waals surface area contributed by atoms with Crippen molar-refractivity contribution in [2.45, 2.75) is 6.42 Å². The Hall–Kier alpha value is -3.29. The van der Waals surface area contributed by atoms with Gasteiger partial charge in [0.1, 0.15) is 5.69 Å². The second kappa shape index (κ2) is 8.99. The van der Waals surface area contributed by atoms with E-state index in [1.165, 1.54) is 18.6 Å². The fraction of sp³-hybridized carbons (Fsp3) is 0.188. The highest BCUT2D eigenvalue weighted by molar-refractivity contribution is 6.45. The highest BCUT2D eigenvalue weighted by atomic mass is 16.4. The average Bonchev–Trinajstić information content (AvgIpc) is 2.63. The molecule has 24 heavy (non-hydrogen) atoms. The van der Waals surface area contributed by atoms with E-state index >= 15 is 0 Å². The van der Waals surface area contributed by atoms with Crippen molar-refractivity contribution in [1.29, 1.82) is 0 Å². The summed E-state index contributed by atoms with van der Waals surface area (Å²) in [4.78, 5) is 31.4. The van der Waals surface area contributed by atoms with Crippen LogP contribution in [0.25, 0.3) is 0 Å². The molecular formula is C16H17N5O3. The summed E-state index contributed by atoms with van der Waals surface area (Å²) in [5.41, 5.74) is 0.702. The highest BCUT2D eigenvalue weighted by Gasteiger charge is 2.13. The van der Waals surface area contributed by atoms with Crippen LogP contribution in [0.4, 0.5) is 0 Å². The van der Waals surface area contributed by atoms with E-state index in [0.29, 0.717) is 25.1 Å². The van der Waals surface area contributed by atoms with Crippen molar-refractivity contribution in [1.82, 2.24) is 20.6 Å². The lowest BCUT2D eigenvalue weighted by Crippen LogP contribution is -2.34. The van der Waals surface area contributed by atoms with Gasteiger partial charge < -0.3 is 15.8 Å². The minimum absolute atomic E-state index is 0.0563. The van der Waals surface area contributed by atoms with E-state index in [9.17, 15) is 9.59 Å². The number of nitrogens with one attached hydrogen (secondary N) is 2. The molecule has 0 radical (unpaired) electrons. The van der Waals surface area contributed by atoms with Gasteiger partial charge in [-0.15, -0.1) is 0 Å². The lowest BCUT2D eigenvalue weighted by atomic mass is 10.1. The van der Waals surface area contributed by atoms with Crippen molar-refractivity contribution in [2.75, 3.05) is 13.1 Å². The van der Waals surface area contributed by atoms with Crippen molar-refractivity contribution in [2.24, 2.45) is 5.16 Å². The van der Waals surface area contributed by atoms with Crippen molar-refractivity contribution in [3.63, 3.8) is 0 Å². The number of amides is 2. The van der Waals surface area contributed by atoms with Crippen LogP contribution in [-0.2, 0) is 4.79 Å². The summed E-state index contributed by atoms with van der Waals surface area (Å²) in [5, 5.41) is 17.4. The molecule has 0 fully saturated rings. The molecule has 0 aliphatic rings. The zero-order valence-corrected chi connectivity index (χ0v) is 12.8. The van der Waals surface area contributed by atoms with Gasteiger partial charge in [0.05, 0.1) is 6.20 Å². The van der Waals surface area contributed by atoms with Crippen molar-refractivity contribution < 1.29 is 14.8 Å². The normalized spacial score (nSPS) is 10.9. The molecule has 2 amide bonds.